The Labute approximate surface area is 214 Å². The molecule has 0 aromatic heterocycles. The van der Waals surface area contributed by atoms with Gasteiger partial charge < -0.3 is 14.8 Å². The van der Waals surface area contributed by atoms with Crippen LogP contribution in [0.2, 0.25) is 0 Å². The van der Waals surface area contributed by atoms with Crippen LogP contribution in [-0.4, -0.2) is 25.1 Å². The molecule has 0 bridgehead atoms. The summed E-state index contributed by atoms with van der Waals surface area (Å²) in [4.78, 5) is 23.5. The maximum Gasteiger partial charge on any atom is 0.416 e. The molecule has 0 saturated carbocycles. The summed E-state index contributed by atoms with van der Waals surface area (Å²) >= 11 is 0. The Morgan fingerprint density at radius 1 is 0.865 bits per heavy atom. The lowest BCUT2D eigenvalue weighted by Crippen LogP contribution is -2.22. The minimum atomic E-state index is -4.35. The first-order chi connectivity index (χ1) is 17.7. The Morgan fingerprint density at radius 3 is 2.19 bits per heavy atom. The SMILES string of the molecule is CCOC(=O)COc1ccc(-c2ccc(CNC(=O)CCCCc3cccc(C(F)(F)F)c3)cc2)cc1. The van der Waals surface area contributed by atoms with E-state index in [1.807, 2.05) is 36.4 Å². The minimum Gasteiger partial charge on any atom is -0.482 e. The molecular formula is C29H30F3NO4. The normalized spacial score (nSPS) is 11.1. The highest BCUT2D eigenvalue weighted by atomic mass is 19.4. The number of nitrogens with one attached hydrogen (secondary N) is 1. The van der Waals surface area contributed by atoms with E-state index in [0.29, 0.717) is 50.1 Å². The smallest absolute Gasteiger partial charge is 0.416 e. The highest BCUT2D eigenvalue weighted by Gasteiger charge is 2.30. The third-order valence-electron chi connectivity index (χ3n) is 5.67. The summed E-state index contributed by atoms with van der Waals surface area (Å²) in [6.45, 7) is 2.31. The van der Waals surface area contributed by atoms with E-state index in [0.717, 1.165) is 28.8 Å². The highest BCUT2D eigenvalue weighted by molar-refractivity contribution is 5.75. The summed E-state index contributed by atoms with van der Waals surface area (Å²) < 4.78 is 48.7. The Kier molecular flexibility index (Phi) is 10.1. The number of alkyl halides is 3. The Morgan fingerprint density at radius 2 is 1.54 bits per heavy atom. The third kappa shape index (κ3) is 9.29. The average Bonchev–Trinajstić information content (AvgIpc) is 2.89. The summed E-state index contributed by atoms with van der Waals surface area (Å²) in [6, 6.07) is 20.5. The number of amides is 1. The van der Waals surface area contributed by atoms with Crippen molar-refractivity contribution in [2.24, 2.45) is 0 Å². The van der Waals surface area contributed by atoms with Crippen molar-refractivity contribution in [1.29, 1.82) is 0 Å². The predicted octanol–water partition coefficient (Wildman–Crippen LogP) is 6.34. The van der Waals surface area contributed by atoms with Gasteiger partial charge in [-0.1, -0.05) is 54.6 Å². The standard InChI is InChI=1S/C29H30F3NO4/c1-2-36-28(35)20-37-26-16-14-24(15-17-26)23-12-10-22(11-13-23)19-33-27(34)9-4-3-6-21-7-5-8-25(18-21)29(30,31)32/h5,7-8,10-18H,2-4,6,9,19-20H2,1H3,(H,33,34). The molecule has 8 heteroatoms. The van der Waals surface area contributed by atoms with Crippen LogP contribution in [0.1, 0.15) is 42.9 Å². The molecule has 0 saturated heterocycles. The van der Waals surface area contributed by atoms with E-state index in [1.54, 1.807) is 25.1 Å². The van der Waals surface area contributed by atoms with Crippen molar-refractivity contribution in [2.75, 3.05) is 13.2 Å². The Hall–Kier alpha value is -3.81. The molecule has 1 amide bonds. The van der Waals surface area contributed by atoms with E-state index in [4.69, 9.17) is 9.47 Å². The molecule has 3 aromatic carbocycles. The number of carbonyl (C=O) groups is 2. The Bertz CT molecular complexity index is 1160. The molecule has 0 spiro atoms. The number of unbranched alkanes of at least 4 members (excludes halogenated alkanes) is 1. The molecule has 0 radical (unpaired) electrons. The monoisotopic (exact) mass is 513 g/mol. The van der Waals surface area contributed by atoms with Crippen LogP contribution in [0.3, 0.4) is 0 Å². The maximum atomic E-state index is 12.8. The van der Waals surface area contributed by atoms with Gasteiger partial charge in [0.15, 0.2) is 6.61 Å². The van der Waals surface area contributed by atoms with Gasteiger partial charge in [0.2, 0.25) is 5.91 Å². The van der Waals surface area contributed by atoms with Crippen molar-refractivity contribution in [1.82, 2.24) is 5.32 Å². The van der Waals surface area contributed by atoms with Gasteiger partial charge in [-0.15, -0.1) is 0 Å². The van der Waals surface area contributed by atoms with Gasteiger partial charge >= 0.3 is 12.1 Å². The van der Waals surface area contributed by atoms with Gasteiger partial charge in [-0.25, -0.2) is 4.79 Å². The lowest BCUT2D eigenvalue weighted by atomic mass is 10.0. The van der Waals surface area contributed by atoms with Gasteiger partial charge in [0, 0.05) is 13.0 Å². The number of rotatable bonds is 12. The molecule has 0 atom stereocenters. The van der Waals surface area contributed by atoms with Crippen LogP contribution in [0.25, 0.3) is 11.1 Å². The van der Waals surface area contributed by atoms with Crippen molar-refractivity contribution in [2.45, 2.75) is 45.3 Å². The van der Waals surface area contributed by atoms with Crippen molar-refractivity contribution < 1.29 is 32.2 Å². The van der Waals surface area contributed by atoms with Crippen molar-refractivity contribution in [3.8, 4) is 16.9 Å². The second-order valence-corrected chi connectivity index (χ2v) is 8.50. The number of benzene rings is 3. The zero-order valence-corrected chi connectivity index (χ0v) is 20.6. The molecule has 3 aromatic rings. The number of carbonyl (C=O) groups excluding carboxylic acids is 2. The molecule has 0 unspecified atom stereocenters. The van der Waals surface area contributed by atoms with Gasteiger partial charge in [0.1, 0.15) is 5.75 Å². The summed E-state index contributed by atoms with van der Waals surface area (Å²) in [7, 11) is 0. The molecule has 0 aliphatic heterocycles. The number of halogens is 3. The van der Waals surface area contributed by atoms with E-state index in [-0.39, 0.29) is 12.5 Å². The molecule has 196 valence electrons. The summed E-state index contributed by atoms with van der Waals surface area (Å²) in [5.74, 6) is 0.0712. The van der Waals surface area contributed by atoms with Crippen molar-refractivity contribution in [3.63, 3.8) is 0 Å². The van der Waals surface area contributed by atoms with Gasteiger partial charge in [-0.3, -0.25) is 4.79 Å². The molecule has 0 aliphatic carbocycles. The molecule has 37 heavy (non-hydrogen) atoms. The molecule has 0 fully saturated rings. The van der Waals surface area contributed by atoms with Crippen LogP contribution in [-0.2, 0) is 33.5 Å². The molecule has 0 heterocycles. The minimum absolute atomic E-state index is 0.0912. The van der Waals surface area contributed by atoms with Crippen LogP contribution in [0.15, 0.2) is 72.8 Å². The van der Waals surface area contributed by atoms with E-state index >= 15 is 0 Å². The van der Waals surface area contributed by atoms with Crippen LogP contribution < -0.4 is 10.1 Å². The lowest BCUT2D eigenvalue weighted by Gasteiger charge is -2.09. The molecule has 5 nitrogen and oxygen atoms in total. The first-order valence-corrected chi connectivity index (χ1v) is 12.1. The zero-order valence-electron chi connectivity index (χ0n) is 20.6. The van der Waals surface area contributed by atoms with Gasteiger partial charge in [0.05, 0.1) is 12.2 Å². The highest BCUT2D eigenvalue weighted by Crippen LogP contribution is 2.30. The van der Waals surface area contributed by atoms with Gasteiger partial charge in [0.25, 0.3) is 0 Å². The van der Waals surface area contributed by atoms with Crippen LogP contribution in [0.4, 0.5) is 13.2 Å². The number of aryl methyl sites for hydroxylation is 1. The maximum absolute atomic E-state index is 12.8. The van der Waals surface area contributed by atoms with E-state index < -0.39 is 17.7 Å². The number of hydrogen-bond acceptors (Lipinski definition) is 4. The van der Waals surface area contributed by atoms with Crippen LogP contribution in [0.5, 0.6) is 5.75 Å². The quantitative estimate of drug-likeness (QED) is 0.227. The summed E-state index contributed by atoms with van der Waals surface area (Å²) in [6.07, 6.45) is -2.30. The topological polar surface area (TPSA) is 64.6 Å². The third-order valence-corrected chi connectivity index (χ3v) is 5.67. The summed E-state index contributed by atoms with van der Waals surface area (Å²) in [5.41, 5.74) is 2.91. The fraction of sp³-hybridized carbons (Fsp3) is 0.310. The van der Waals surface area contributed by atoms with Crippen molar-refractivity contribution >= 4 is 11.9 Å². The zero-order chi connectivity index (χ0) is 26.7. The molecule has 3 rings (SSSR count). The van der Waals surface area contributed by atoms with Crippen molar-refractivity contribution in [3.05, 3.63) is 89.5 Å². The number of hydrogen-bond donors (Lipinski definition) is 1. The largest absolute Gasteiger partial charge is 0.482 e. The van der Waals surface area contributed by atoms with Crippen LogP contribution in [0, 0.1) is 0 Å². The average molecular weight is 514 g/mol. The van der Waals surface area contributed by atoms with E-state index in [9.17, 15) is 22.8 Å². The second kappa shape index (κ2) is 13.5. The van der Waals surface area contributed by atoms with Gasteiger partial charge in [-0.05, 0) is 66.6 Å². The lowest BCUT2D eigenvalue weighted by molar-refractivity contribution is -0.145. The first-order valence-electron chi connectivity index (χ1n) is 12.1. The second-order valence-electron chi connectivity index (χ2n) is 8.50. The molecular weight excluding hydrogens is 483 g/mol. The molecule has 0 aliphatic rings. The number of ether oxygens (including phenoxy) is 2. The molecule has 1 N–H and O–H groups in total. The predicted molar refractivity (Wildman–Crippen MR) is 135 cm³/mol. The van der Waals surface area contributed by atoms with E-state index in [1.165, 1.54) is 6.07 Å². The van der Waals surface area contributed by atoms with E-state index in [2.05, 4.69) is 5.32 Å². The number of esters is 1. The Balaban J connectivity index is 1.38. The first kappa shape index (κ1) is 27.8. The fourth-order valence-corrected chi connectivity index (χ4v) is 3.71. The summed E-state index contributed by atoms with van der Waals surface area (Å²) in [5, 5.41) is 2.88. The van der Waals surface area contributed by atoms with Gasteiger partial charge in [-0.2, -0.15) is 13.2 Å². The van der Waals surface area contributed by atoms with Crippen LogP contribution >= 0.6 is 0 Å². The fourth-order valence-electron chi connectivity index (χ4n) is 3.71.